The van der Waals surface area contributed by atoms with Gasteiger partial charge in [0.05, 0.1) is 13.2 Å². The average Bonchev–Trinajstić information content (AvgIpc) is 3.59. The van der Waals surface area contributed by atoms with E-state index in [0.717, 1.165) is 58.8 Å². The van der Waals surface area contributed by atoms with Gasteiger partial charge in [0.15, 0.2) is 0 Å². The van der Waals surface area contributed by atoms with E-state index in [1.165, 1.54) is 24.0 Å². The number of ether oxygens (including phenoxy) is 1. The van der Waals surface area contributed by atoms with Crippen LogP contribution in [0.5, 0.6) is 0 Å². The quantitative estimate of drug-likeness (QED) is 0.766. The minimum Gasteiger partial charge on any atom is -0.379 e. The summed E-state index contributed by atoms with van der Waals surface area (Å²) in [5.41, 5.74) is 2.70. The van der Waals surface area contributed by atoms with E-state index in [9.17, 15) is 4.79 Å². The lowest BCUT2D eigenvalue weighted by Gasteiger charge is -2.49. The molecule has 1 aromatic carbocycles. The Kier molecular flexibility index (Phi) is 6.57. The highest BCUT2D eigenvalue weighted by molar-refractivity contribution is 5.77. The summed E-state index contributed by atoms with van der Waals surface area (Å²) >= 11 is 0. The molecule has 0 aromatic heterocycles. The summed E-state index contributed by atoms with van der Waals surface area (Å²) in [5.74, 6) is 1.27. The van der Waals surface area contributed by atoms with Crippen molar-refractivity contribution < 1.29 is 9.53 Å². The van der Waals surface area contributed by atoms with Crippen LogP contribution >= 0.6 is 0 Å². The summed E-state index contributed by atoms with van der Waals surface area (Å²) in [6.45, 7) is 8.66. The molecule has 1 aliphatic carbocycles. The van der Waals surface area contributed by atoms with Crippen LogP contribution in [0.3, 0.4) is 0 Å². The molecule has 1 saturated carbocycles. The summed E-state index contributed by atoms with van der Waals surface area (Å²) in [6.07, 6.45) is 5.38. The van der Waals surface area contributed by atoms with Crippen molar-refractivity contribution in [1.29, 1.82) is 0 Å². The van der Waals surface area contributed by atoms with Crippen molar-refractivity contribution in [1.82, 2.24) is 15.1 Å². The molecule has 5 heteroatoms. The number of nitrogens with one attached hydrogen (secondary N) is 1. The average molecular weight is 400 g/mol. The fourth-order valence-corrected chi connectivity index (χ4v) is 5.08. The van der Waals surface area contributed by atoms with E-state index < -0.39 is 0 Å². The van der Waals surface area contributed by atoms with Gasteiger partial charge in [-0.1, -0.05) is 29.8 Å². The number of carbonyl (C=O) groups excluding carboxylic acids is 1. The lowest BCUT2D eigenvalue weighted by Crippen LogP contribution is -2.62. The third-order valence-corrected chi connectivity index (χ3v) is 7.32. The predicted octanol–water partition coefficient (Wildman–Crippen LogP) is 2.79. The van der Waals surface area contributed by atoms with Gasteiger partial charge in [0.2, 0.25) is 5.91 Å². The van der Waals surface area contributed by atoms with Crippen LogP contribution in [0.25, 0.3) is 0 Å². The number of carbonyl (C=O) groups is 1. The number of hydrogen-bond donors (Lipinski definition) is 1. The monoisotopic (exact) mass is 399 g/mol. The van der Waals surface area contributed by atoms with Gasteiger partial charge in [-0.2, -0.15) is 0 Å². The van der Waals surface area contributed by atoms with Crippen molar-refractivity contribution in [2.24, 2.45) is 5.92 Å². The second-order valence-electron chi connectivity index (χ2n) is 9.46. The molecule has 1 atom stereocenters. The van der Waals surface area contributed by atoms with E-state index in [0.29, 0.717) is 18.3 Å². The molecule has 3 aliphatic rings. The van der Waals surface area contributed by atoms with Gasteiger partial charge >= 0.3 is 0 Å². The van der Waals surface area contributed by atoms with Crippen LogP contribution in [0.1, 0.15) is 49.1 Å². The third-order valence-electron chi connectivity index (χ3n) is 7.32. The lowest BCUT2D eigenvalue weighted by molar-refractivity contribution is -0.123. The summed E-state index contributed by atoms with van der Waals surface area (Å²) in [6, 6.07) is 8.79. The highest BCUT2D eigenvalue weighted by atomic mass is 16.5. The van der Waals surface area contributed by atoms with Gasteiger partial charge in [-0.3, -0.25) is 9.69 Å². The van der Waals surface area contributed by atoms with E-state index in [-0.39, 0.29) is 11.4 Å². The normalized spacial score (nSPS) is 24.2. The summed E-state index contributed by atoms with van der Waals surface area (Å²) in [5, 5.41) is 3.36. The van der Waals surface area contributed by atoms with Crippen LogP contribution in [-0.2, 0) is 9.53 Å². The number of benzene rings is 1. The SMILES string of the molecule is Cc1ccc(C(CC(=O)NCC2(N3CCOCC3)CCN(C)CC2)C2CC2)cc1. The number of nitrogens with zero attached hydrogens (tertiary/aromatic N) is 2. The van der Waals surface area contributed by atoms with Gasteiger partial charge in [-0.25, -0.2) is 0 Å². The number of amides is 1. The molecule has 4 rings (SSSR count). The van der Waals surface area contributed by atoms with Crippen molar-refractivity contribution in [3.8, 4) is 0 Å². The van der Waals surface area contributed by atoms with Gasteiger partial charge in [0.1, 0.15) is 0 Å². The van der Waals surface area contributed by atoms with Gasteiger partial charge in [0.25, 0.3) is 0 Å². The smallest absolute Gasteiger partial charge is 0.220 e. The molecule has 0 bridgehead atoms. The summed E-state index contributed by atoms with van der Waals surface area (Å²) < 4.78 is 5.59. The Morgan fingerprint density at radius 3 is 2.41 bits per heavy atom. The molecule has 2 heterocycles. The van der Waals surface area contributed by atoms with Crippen molar-refractivity contribution in [3.05, 3.63) is 35.4 Å². The number of likely N-dealkylation sites (tertiary alicyclic amines) is 1. The van der Waals surface area contributed by atoms with E-state index in [4.69, 9.17) is 4.74 Å². The Balaban J connectivity index is 1.38. The van der Waals surface area contributed by atoms with Crippen molar-refractivity contribution >= 4 is 5.91 Å². The van der Waals surface area contributed by atoms with E-state index in [2.05, 4.69) is 53.4 Å². The van der Waals surface area contributed by atoms with Crippen LogP contribution in [0.4, 0.5) is 0 Å². The second kappa shape index (κ2) is 9.15. The maximum atomic E-state index is 13.0. The molecule has 2 saturated heterocycles. The Morgan fingerprint density at radius 1 is 1.14 bits per heavy atom. The first-order chi connectivity index (χ1) is 14.1. The number of aryl methyl sites for hydroxylation is 1. The zero-order chi connectivity index (χ0) is 20.3. The number of morpholine rings is 1. The van der Waals surface area contributed by atoms with Crippen LogP contribution in [0, 0.1) is 12.8 Å². The van der Waals surface area contributed by atoms with Crippen molar-refractivity contribution in [3.63, 3.8) is 0 Å². The molecule has 0 spiro atoms. The number of hydrogen-bond acceptors (Lipinski definition) is 4. The molecule has 29 heavy (non-hydrogen) atoms. The highest BCUT2D eigenvalue weighted by Gasteiger charge is 2.40. The zero-order valence-corrected chi connectivity index (χ0v) is 18.2. The molecule has 2 aliphatic heterocycles. The van der Waals surface area contributed by atoms with Crippen LogP contribution < -0.4 is 5.32 Å². The first-order valence-electron chi connectivity index (χ1n) is 11.4. The lowest BCUT2D eigenvalue weighted by atomic mass is 9.84. The van der Waals surface area contributed by atoms with Gasteiger partial charge in [-0.05, 0) is 70.1 Å². The molecule has 5 nitrogen and oxygen atoms in total. The molecule has 3 fully saturated rings. The van der Waals surface area contributed by atoms with Gasteiger partial charge in [0, 0.05) is 31.6 Å². The van der Waals surface area contributed by atoms with E-state index in [1.54, 1.807) is 0 Å². The predicted molar refractivity (Wildman–Crippen MR) is 116 cm³/mol. The molecule has 0 radical (unpaired) electrons. The molecule has 160 valence electrons. The van der Waals surface area contributed by atoms with E-state index >= 15 is 0 Å². The third kappa shape index (κ3) is 5.19. The van der Waals surface area contributed by atoms with E-state index in [1.807, 2.05) is 0 Å². The first kappa shape index (κ1) is 20.8. The minimum absolute atomic E-state index is 0.0882. The van der Waals surface area contributed by atoms with Crippen LogP contribution in [0.15, 0.2) is 24.3 Å². The minimum atomic E-state index is 0.0882. The molecule has 1 aromatic rings. The standard InChI is InChI=1S/C24H37N3O2/c1-19-3-5-20(6-4-19)22(21-7-8-21)17-23(28)25-18-24(9-11-26(2)12-10-24)27-13-15-29-16-14-27/h3-6,21-22H,7-18H2,1-2H3,(H,25,28). The molecule has 1 N–H and O–H groups in total. The van der Waals surface area contributed by atoms with Crippen LogP contribution in [0.2, 0.25) is 0 Å². The fourth-order valence-electron chi connectivity index (χ4n) is 5.08. The largest absolute Gasteiger partial charge is 0.379 e. The molecule has 1 unspecified atom stereocenters. The van der Waals surface area contributed by atoms with Gasteiger partial charge in [-0.15, -0.1) is 0 Å². The fraction of sp³-hybridized carbons (Fsp3) is 0.708. The topological polar surface area (TPSA) is 44.8 Å². The second-order valence-corrected chi connectivity index (χ2v) is 9.46. The molecule has 1 amide bonds. The Bertz CT molecular complexity index is 672. The molecular formula is C24H37N3O2. The Morgan fingerprint density at radius 2 is 1.79 bits per heavy atom. The number of rotatable bonds is 7. The number of piperidine rings is 1. The first-order valence-corrected chi connectivity index (χ1v) is 11.4. The summed E-state index contributed by atoms with van der Waals surface area (Å²) in [4.78, 5) is 18.0. The Hall–Kier alpha value is -1.43. The maximum Gasteiger partial charge on any atom is 0.220 e. The van der Waals surface area contributed by atoms with Crippen LogP contribution in [-0.4, -0.2) is 74.2 Å². The summed E-state index contributed by atoms with van der Waals surface area (Å²) in [7, 11) is 2.20. The maximum absolute atomic E-state index is 13.0. The highest BCUT2D eigenvalue weighted by Crippen LogP contribution is 2.44. The van der Waals surface area contributed by atoms with Crippen molar-refractivity contribution in [2.75, 3.05) is 53.0 Å². The Labute approximate surface area is 175 Å². The molecular weight excluding hydrogens is 362 g/mol. The van der Waals surface area contributed by atoms with Crippen molar-refractivity contribution in [2.45, 2.75) is 50.5 Å². The van der Waals surface area contributed by atoms with Gasteiger partial charge < -0.3 is 15.0 Å². The zero-order valence-electron chi connectivity index (χ0n) is 18.2.